The molecule has 2 aliphatic heterocycles. The number of aromatic hydroxyl groups is 9. The number of aliphatic hydroxyl groups excluding tert-OH is 2. The Hall–Kier alpha value is -5.85. The maximum absolute atomic E-state index is 13.4. The first kappa shape index (κ1) is 30.6. The summed E-state index contributed by atoms with van der Waals surface area (Å²) in [5.41, 5.74) is -3.99. The second kappa shape index (κ2) is 11.0. The normalized spacial score (nSPS) is 22.9. The molecule has 2 aliphatic rings. The Balaban J connectivity index is 1.57. The molecular formula is C27H22O18. The van der Waals surface area contributed by atoms with Crippen molar-refractivity contribution in [2.24, 2.45) is 0 Å². The van der Waals surface area contributed by atoms with Crippen LogP contribution < -0.4 is 0 Å². The van der Waals surface area contributed by atoms with Gasteiger partial charge in [0.05, 0.1) is 16.7 Å². The zero-order valence-corrected chi connectivity index (χ0v) is 22.2. The van der Waals surface area contributed by atoms with E-state index in [1.54, 1.807) is 0 Å². The van der Waals surface area contributed by atoms with Crippen LogP contribution in [0.25, 0.3) is 11.1 Å². The molecule has 0 bridgehead atoms. The van der Waals surface area contributed by atoms with Crippen molar-refractivity contribution in [3.63, 3.8) is 0 Å². The molecule has 18 nitrogen and oxygen atoms in total. The Morgan fingerprint density at radius 3 is 1.69 bits per heavy atom. The number of carbonyl (C=O) groups is 3. The van der Waals surface area contributed by atoms with Crippen LogP contribution in [0.2, 0.25) is 0 Å². The van der Waals surface area contributed by atoms with Crippen LogP contribution >= 0.6 is 0 Å². The Morgan fingerprint density at radius 1 is 0.667 bits per heavy atom. The van der Waals surface area contributed by atoms with Gasteiger partial charge >= 0.3 is 17.9 Å². The van der Waals surface area contributed by atoms with E-state index in [2.05, 4.69) is 0 Å². The highest BCUT2D eigenvalue weighted by Crippen LogP contribution is 2.53. The van der Waals surface area contributed by atoms with Gasteiger partial charge in [-0.1, -0.05) is 0 Å². The molecule has 3 aromatic rings. The van der Waals surface area contributed by atoms with Crippen LogP contribution in [0.1, 0.15) is 31.1 Å². The fourth-order valence-corrected chi connectivity index (χ4v) is 4.72. The maximum Gasteiger partial charge on any atom is 0.340 e. The molecule has 18 heteroatoms. The zero-order chi connectivity index (χ0) is 33.1. The van der Waals surface area contributed by atoms with Crippen LogP contribution in [0.3, 0.4) is 0 Å². The first-order valence-corrected chi connectivity index (χ1v) is 12.5. The summed E-state index contributed by atoms with van der Waals surface area (Å²) >= 11 is 0. The van der Waals surface area contributed by atoms with E-state index in [-0.39, 0.29) is 0 Å². The molecule has 0 spiro atoms. The number of hydrogen-bond donors (Lipinski definition) is 11. The fraction of sp³-hybridized carbons (Fsp3) is 0.222. The van der Waals surface area contributed by atoms with Crippen molar-refractivity contribution >= 4 is 17.9 Å². The number of cyclic esters (lactones) is 1. The van der Waals surface area contributed by atoms with Gasteiger partial charge < -0.3 is 75.1 Å². The lowest BCUT2D eigenvalue weighted by Crippen LogP contribution is -2.61. The summed E-state index contributed by atoms with van der Waals surface area (Å²) in [5.74, 6) is -14.3. The van der Waals surface area contributed by atoms with Crippen LogP contribution in [0.4, 0.5) is 0 Å². The lowest BCUT2D eigenvalue weighted by atomic mass is 9.92. The Morgan fingerprint density at radius 2 is 1.16 bits per heavy atom. The SMILES string of the molecule is O=C(O[C@@H]1OC2COC(=O)c3cc(O)c(O)c(O)c3-c3c(cc(O)c(O)c3O)C(=O)O[C@H]2C(O)C1O)c1cc(O)c(O)c(O)c1. The number of phenols is 9. The largest absolute Gasteiger partial charge is 0.504 e. The summed E-state index contributed by atoms with van der Waals surface area (Å²) < 4.78 is 20.9. The number of esters is 3. The van der Waals surface area contributed by atoms with Gasteiger partial charge in [0.1, 0.15) is 24.9 Å². The van der Waals surface area contributed by atoms with Gasteiger partial charge in [-0.05, 0) is 24.3 Å². The van der Waals surface area contributed by atoms with E-state index in [0.29, 0.717) is 24.3 Å². The third kappa shape index (κ3) is 5.07. The third-order valence-corrected chi connectivity index (χ3v) is 6.99. The number of aliphatic hydroxyl groups is 2. The summed E-state index contributed by atoms with van der Waals surface area (Å²) in [5, 5.41) is 112. The first-order chi connectivity index (χ1) is 21.1. The van der Waals surface area contributed by atoms with E-state index in [4.69, 9.17) is 18.9 Å². The first-order valence-electron chi connectivity index (χ1n) is 12.5. The van der Waals surface area contributed by atoms with Crippen LogP contribution in [0.15, 0.2) is 24.3 Å². The number of phenolic OH excluding ortho intramolecular Hbond substituents is 9. The van der Waals surface area contributed by atoms with Gasteiger partial charge in [0.2, 0.25) is 17.8 Å². The van der Waals surface area contributed by atoms with Crippen molar-refractivity contribution in [2.75, 3.05) is 6.61 Å². The van der Waals surface area contributed by atoms with E-state index >= 15 is 0 Å². The van der Waals surface area contributed by atoms with E-state index in [9.17, 15) is 70.6 Å². The number of carbonyl (C=O) groups excluding carboxylic acids is 3. The van der Waals surface area contributed by atoms with Crippen LogP contribution in [-0.2, 0) is 18.9 Å². The van der Waals surface area contributed by atoms with Crippen molar-refractivity contribution < 1.29 is 89.5 Å². The van der Waals surface area contributed by atoms with Gasteiger partial charge in [0.15, 0.2) is 46.4 Å². The smallest absolute Gasteiger partial charge is 0.340 e. The van der Waals surface area contributed by atoms with Gasteiger partial charge in [-0.25, -0.2) is 14.4 Å². The van der Waals surface area contributed by atoms with E-state index in [1.165, 1.54) is 0 Å². The van der Waals surface area contributed by atoms with Crippen LogP contribution in [0, 0.1) is 0 Å². The quantitative estimate of drug-likeness (QED) is 0.0979. The van der Waals surface area contributed by atoms with Crippen LogP contribution in [0.5, 0.6) is 51.7 Å². The number of ether oxygens (including phenoxy) is 4. The summed E-state index contributed by atoms with van der Waals surface area (Å²) in [4.78, 5) is 39.3. The molecule has 5 rings (SSSR count). The molecule has 238 valence electrons. The molecule has 0 amide bonds. The molecule has 45 heavy (non-hydrogen) atoms. The Bertz CT molecular complexity index is 1730. The van der Waals surface area contributed by atoms with Crippen molar-refractivity contribution in [1.82, 2.24) is 0 Å². The van der Waals surface area contributed by atoms with Gasteiger partial charge in [-0.3, -0.25) is 0 Å². The second-order valence-corrected chi connectivity index (χ2v) is 9.79. The minimum absolute atomic E-state index is 0.539. The topological polar surface area (TPSA) is 311 Å². The fourth-order valence-electron chi connectivity index (χ4n) is 4.72. The molecule has 3 unspecified atom stereocenters. The minimum atomic E-state index is -2.18. The maximum atomic E-state index is 13.4. The number of fused-ring (bicyclic) bond motifs is 4. The van der Waals surface area contributed by atoms with Gasteiger partial charge in [0.25, 0.3) is 0 Å². The standard InChI is InChI=1S/C27H22O18/c28-9-1-6(2-10(29)16(9)32)24(39)45-27-22(38)21(37)23-13(43-27)5-42-25(40)7-3-11(30)17(33)19(35)14(7)15-8(26(41)44-23)4-12(31)18(34)20(15)36/h1-4,13,21-23,27-38H,5H2/t13?,21?,22?,23-,27+/m1/s1. The lowest BCUT2D eigenvalue weighted by molar-refractivity contribution is -0.284. The molecule has 0 saturated carbocycles. The monoisotopic (exact) mass is 634 g/mol. The van der Waals surface area contributed by atoms with E-state index < -0.39 is 135 Å². The summed E-state index contributed by atoms with van der Waals surface area (Å²) in [7, 11) is 0. The number of hydrogen-bond acceptors (Lipinski definition) is 18. The van der Waals surface area contributed by atoms with Gasteiger partial charge in [-0.15, -0.1) is 0 Å². The summed E-state index contributed by atoms with van der Waals surface area (Å²) in [6.07, 6.45) is -10.1. The minimum Gasteiger partial charge on any atom is -0.504 e. The molecule has 1 fully saturated rings. The molecule has 2 heterocycles. The average molecular weight is 634 g/mol. The molecule has 0 aromatic heterocycles. The molecule has 0 aliphatic carbocycles. The van der Waals surface area contributed by atoms with Gasteiger partial charge in [-0.2, -0.15) is 0 Å². The highest BCUT2D eigenvalue weighted by atomic mass is 16.7. The highest BCUT2D eigenvalue weighted by molar-refractivity contribution is 6.08. The van der Waals surface area contributed by atoms with Crippen molar-refractivity contribution in [3.05, 3.63) is 41.0 Å². The summed E-state index contributed by atoms with van der Waals surface area (Å²) in [6.45, 7) is -0.948. The van der Waals surface area contributed by atoms with Crippen molar-refractivity contribution in [2.45, 2.75) is 30.7 Å². The Labute approximate surface area is 248 Å². The predicted octanol–water partition coefficient (Wildman–Crippen LogP) is -0.297. The molecule has 5 atom stereocenters. The van der Waals surface area contributed by atoms with E-state index in [0.717, 1.165) is 0 Å². The zero-order valence-electron chi connectivity index (χ0n) is 22.2. The predicted molar refractivity (Wildman–Crippen MR) is 139 cm³/mol. The average Bonchev–Trinajstić information content (AvgIpc) is 3.01. The third-order valence-electron chi connectivity index (χ3n) is 6.99. The molecule has 1 saturated heterocycles. The Kier molecular flexibility index (Phi) is 7.49. The van der Waals surface area contributed by atoms with Gasteiger partial charge in [0, 0.05) is 11.1 Å². The number of benzene rings is 3. The second-order valence-electron chi connectivity index (χ2n) is 9.79. The van der Waals surface area contributed by atoms with Crippen molar-refractivity contribution in [1.29, 1.82) is 0 Å². The van der Waals surface area contributed by atoms with Crippen LogP contribution in [-0.4, -0.2) is 111 Å². The highest BCUT2D eigenvalue weighted by Gasteiger charge is 2.50. The summed E-state index contributed by atoms with van der Waals surface area (Å²) in [6, 6.07) is 2.51. The molecular weight excluding hydrogens is 612 g/mol. The molecule has 3 aromatic carbocycles. The van der Waals surface area contributed by atoms with E-state index in [1.807, 2.05) is 0 Å². The molecule has 0 radical (unpaired) electrons. The molecule has 11 N–H and O–H groups in total. The lowest BCUT2D eigenvalue weighted by Gasteiger charge is -2.41. The van der Waals surface area contributed by atoms with Crippen molar-refractivity contribution in [3.8, 4) is 62.9 Å². The number of rotatable bonds is 2.